The number of esters is 1. The lowest BCUT2D eigenvalue weighted by Crippen LogP contribution is -2.14. The van der Waals surface area contributed by atoms with Crippen LogP contribution in [0.15, 0.2) is 54.6 Å². The molecule has 0 spiro atoms. The molecule has 2 aromatic rings. The molecule has 0 aromatic heterocycles. The highest BCUT2D eigenvalue weighted by molar-refractivity contribution is 5.94. The molecule has 0 aliphatic rings. The number of carbonyl (C=O) groups is 2. The second kappa shape index (κ2) is 7.98. The summed E-state index contributed by atoms with van der Waals surface area (Å²) in [4.78, 5) is 23.6. The molecule has 0 saturated carbocycles. The van der Waals surface area contributed by atoms with Crippen LogP contribution in [0, 0.1) is 0 Å². The minimum absolute atomic E-state index is 0.0903. The zero-order valence-electron chi connectivity index (χ0n) is 12.5. The van der Waals surface area contributed by atoms with Crippen molar-refractivity contribution in [3.8, 4) is 0 Å². The second-order valence-electron chi connectivity index (χ2n) is 4.92. The summed E-state index contributed by atoms with van der Waals surface area (Å²) in [6, 6.07) is 16.2. The highest BCUT2D eigenvalue weighted by atomic mass is 16.5. The number of hydrogen-bond donors (Lipinski definition) is 1. The third kappa shape index (κ3) is 4.74. The van der Waals surface area contributed by atoms with E-state index >= 15 is 0 Å². The lowest BCUT2D eigenvalue weighted by atomic mass is 10.1. The third-order valence-electron chi connectivity index (χ3n) is 3.05. The molecule has 0 aliphatic carbocycles. The Balaban J connectivity index is 1.90. The molecule has 0 unspecified atom stereocenters. The summed E-state index contributed by atoms with van der Waals surface area (Å²) in [5, 5.41) is 2.81. The molecule has 4 heteroatoms. The fourth-order valence-electron chi connectivity index (χ4n) is 1.95. The Hall–Kier alpha value is -2.62. The van der Waals surface area contributed by atoms with Gasteiger partial charge >= 0.3 is 5.97 Å². The Labute approximate surface area is 130 Å². The molecule has 114 valence electrons. The largest absolute Gasteiger partial charge is 0.462 e. The Morgan fingerprint density at radius 3 is 2.32 bits per heavy atom. The van der Waals surface area contributed by atoms with E-state index in [2.05, 4.69) is 5.32 Å². The topological polar surface area (TPSA) is 55.4 Å². The van der Waals surface area contributed by atoms with Crippen molar-refractivity contribution < 1.29 is 14.3 Å². The van der Waals surface area contributed by atoms with Crippen molar-refractivity contribution >= 4 is 17.6 Å². The van der Waals surface area contributed by atoms with Gasteiger partial charge in [0.2, 0.25) is 5.91 Å². The SMILES string of the molecule is CCCOC(=O)c1ccc(NC(=O)Cc2ccccc2)cc1. The molecule has 0 aliphatic heterocycles. The number of hydrogen-bond acceptors (Lipinski definition) is 3. The first kappa shape index (κ1) is 15.8. The van der Waals surface area contributed by atoms with Gasteiger partial charge in [-0.1, -0.05) is 37.3 Å². The van der Waals surface area contributed by atoms with Gasteiger partial charge < -0.3 is 10.1 Å². The monoisotopic (exact) mass is 297 g/mol. The molecule has 22 heavy (non-hydrogen) atoms. The minimum atomic E-state index is -0.344. The number of anilines is 1. The van der Waals surface area contributed by atoms with E-state index in [9.17, 15) is 9.59 Å². The average Bonchev–Trinajstić information content (AvgIpc) is 2.54. The smallest absolute Gasteiger partial charge is 0.338 e. The molecule has 2 aromatic carbocycles. The van der Waals surface area contributed by atoms with Crippen molar-refractivity contribution in [2.75, 3.05) is 11.9 Å². The third-order valence-corrected chi connectivity index (χ3v) is 3.05. The number of carbonyl (C=O) groups excluding carboxylic acids is 2. The molecule has 0 saturated heterocycles. The van der Waals surface area contributed by atoms with Gasteiger partial charge in [0.1, 0.15) is 0 Å². The van der Waals surface area contributed by atoms with Crippen LogP contribution >= 0.6 is 0 Å². The van der Waals surface area contributed by atoms with E-state index < -0.39 is 0 Å². The first-order valence-electron chi connectivity index (χ1n) is 7.30. The highest BCUT2D eigenvalue weighted by Gasteiger charge is 2.08. The van der Waals surface area contributed by atoms with Crippen molar-refractivity contribution in [2.24, 2.45) is 0 Å². The second-order valence-corrected chi connectivity index (χ2v) is 4.92. The van der Waals surface area contributed by atoms with Gasteiger partial charge in [-0.05, 0) is 36.2 Å². The molecule has 1 N–H and O–H groups in total. The van der Waals surface area contributed by atoms with Gasteiger partial charge in [-0.25, -0.2) is 4.79 Å². The minimum Gasteiger partial charge on any atom is -0.462 e. The van der Waals surface area contributed by atoms with Crippen LogP contribution in [0.2, 0.25) is 0 Å². The van der Waals surface area contributed by atoms with Crippen molar-refractivity contribution in [3.63, 3.8) is 0 Å². The Kier molecular flexibility index (Phi) is 5.72. The van der Waals surface area contributed by atoms with Crippen LogP contribution in [0.25, 0.3) is 0 Å². The van der Waals surface area contributed by atoms with Crippen LogP contribution in [0.1, 0.15) is 29.3 Å². The highest BCUT2D eigenvalue weighted by Crippen LogP contribution is 2.11. The maximum atomic E-state index is 11.9. The number of nitrogens with one attached hydrogen (secondary N) is 1. The maximum absolute atomic E-state index is 11.9. The van der Waals surface area contributed by atoms with Crippen LogP contribution < -0.4 is 5.32 Å². The van der Waals surface area contributed by atoms with E-state index in [1.54, 1.807) is 24.3 Å². The predicted molar refractivity (Wildman–Crippen MR) is 85.8 cm³/mol. The van der Waals surface area contributed by atoms with Crippen molar-refractivity contribution in [1.29, 1.82) is 0 Å². The van der Waals surface area contributed by atoms with Gasteiger partial charge in [0.25, 0.3) is 0 Å². The van der Waals surface area contributed by atoms with Crippen LogP contribution in [0.3, 0.4) is 0 Å². The standard InChI is InChI=1S/C18H19NO3/c1-2-12-22-18(21)15-8-10-16(11-9-15)19-17(20)13-14-6-4-3-5-7-14/h3-11H,2,12-13H2,1H3,(H,19,20). The van der Waals surface area contributed by atoms with E-state index in [1.807, 2.05) is 37.3 Å². The normalized spacial score (nSPS) is 10.0. The zero-order chi connectivity index (χ0) is 15.8. The fraction of sp³-hybridized carbons (Fsp3) is 0.222. The molecule has 0 fully saturated rings. The van der Waals surface area contributed by atoms with Gasteiger partial charge in [-0.3, -0.25) is 4.79 Å². The van der Waals surface area contributed by atoms with E-state index in [0.29, 0.717) is 24.3 Å². The quantitative estimate of drug-likeness (QED) is 0.831. The summed E-state index contributed by atoms with van der Waals surface area (Å²) in [5.41, 5.74) is 2.10. The lowest BCUT2D eigenvalue weighted by Gasteiger charge is -2.07. The van der Waals surface area contributed by atoms with Gasteiger partial charge in [0.15, 0.2) is 0 Å². The number of ether oxygens (including phenoxy) is 1. The Morgan fingerprint density at radius 2 is 1.68 bits per heavy atom. The van der Waals surface area contributed by atoms with Gasteiger partial charge in [0, 0.05) is 5.69 Å². The van der Waals surface area contributed by atoms with E-state index in [1.165, 1.54) is 0 Å². The maximum Gasteiger partial charge on any atom is 0.338 e. The van der Waals surface area contributed by atoms with Crippen LogP contribution in [0.5, 0.6) is 0 Å². The summed E-state index contributed by atoms with van der Waals surface area (Å²) < 4.78 is 5.05. The molecule has 1 amide bonds. The van der Waals surface area contributed by atoms with E-state index in [0.717, 1.165) is 12.0 Å². The zero-order valence-corrected chi connectivity index (χ0v) is 12.5. The Morgan fingerprint density at radius 1 is 1.00 bits per heavy atom. The molecule has 4 nitrogen and oxygen atoms in total. The van der Waals surface area contributed by atoms with Gasteiger partial charge in [0.05, 0.1) is 18.6 Å². The summed E-state index contributed by atoms with van der Waals surface area (Å²) in [7, 11) is 0. The first-order chi connectivity index (χ1) is 10.7. The Bertz CT molecular complexity index is 621. The van der Waals surface area contributed by atoms with Crippen LogP contribution in [-0.2, 0) is 16.0 Å². The van der Waals surface area contributed by atoms with Crippen molar-refractivity contribution in [2.45, 2.75) is 19.8 Å². The molecule has 0 atom stereocenters. The molecule has 0 bridgehead atoms. The van der Waals surface area contributed by atoms with Crippen molar-refractivity contribution in [3.05, 3.63) is 65.7 Å². The first-order valence-corrected chi connectivity index (χ1v) is 7.30. The molecule has 0 radical (unpaired) electrons. The van der Waals surface area contributed by atoms with Crippen LogP contribution in [-0.4, -0.2) is 18.5 Å². The van der Waals surface area contributed by atoms with Gasteiger partial charge in [-0.2, -0.15) is 0 Å². The van der Waals surface area contributed by atoms with Gasteiger partial charge in [-0.15, -0.1) is 0 Å². The summed E-state index contributed by atoms with van der Waals surface area (Å²) in [5.74, 6) is -0.434. The van der Waals surface area contributed by atoms with Crippen molar-refractivity contribution in [1.82, 2.24) is 0 Å². The van der Waals surface area contributed by atoms with Crippen LogP contribution in [0.4, 0.5) is 5.69 Å². The summed E-state index contributed by atoms with van der Waals surface area (Å²) in [6.07, 6.45) is 1.11. The molecule has 0 heterocycles. The number of amides is 1. The lowest BCUT2D eigenvalue weighted by molar-refractivity contribution is -0.115. The average molecular weight is 297 g/mol. The summed E-state index contributed by atoms with van der Waals surface area (Å²) >= 11 is 0. The predicted octanol–water partition coefficient (Wildman–Crippen LogP) is 3.43. The van der Waals surface area contributed by atoms with E-state index in [-0.39, 0.29) is 11.9 Å². The van der Waals surface area contributed by atoms with E-state index in [4.69, 9.17) is 4.74 Å². The fourth-order valence-corrected chi connectivity index (χ4v) is 1.95. The molecular weight excluding hydrogens is 278 g/mol. The molecular formula is C18H19NO3. The molecule has 2 rings (SSSR count). The number of rotatable bonds is 6. The number of benzene rings is 2. The summed E-state index contributed by atoms with van der Waals surface area (Å²) in [6.45, 7) is 2.35.